The van der Waals surface area contributed by atoms with Crippen molar-refractivity contribution in [3.8, 4) is 0 Å². The van der Waals surface area contributed by atoms with Crippen molar-refractivity contribution in [2.45, 2.75) is 22.3 Å². The number of sulfone groups is 1. The van der Waals surface area contributed by atoms with Crippen molar-refractivity contribution in [3.05, 3.63) is 94.5 Å². The smallest absolute Gasteiger partial charge is 0.270 e. The van der Waals surface area contributed by atoms with Gasteiger partial charge in [0.25, 0.3) is 11.9 Å². The topological polar surface area (TPSA) is 150 Å². The molecule has 1 heterocycles. The van der Waals surface area contributed by atoms with Gasteiger partial charge in [0.2, 0.25) is 9.84 Å². The zero-order chi connectivity index (χ0) is 25.5. The lowest BCUT2D eigenvalue weighted by molar-refractivity contribution is 0.102. The van der Waals surface area contributed by atoms with E-state index in [0.29, 0.717) is 24.5 Å². The molecule has 194 valence electrons. The Morgan fingerprint density at radius 2 is 1.70 bits per heavy atom. The number of aromatic amines is 1. The van der Waals surface area contributed by atoms with Crippen molar-refractivity contribution in [1.82, 2.24) is 25.9 Å². The molecule has 37 heavy (non-hydrogen) atoms. The molecule has 3 aromatic carbocycles. The summed E-state index contributed by atoms with van der Waals surface area (Å²) in [5.74, 6) is -0.470. The Bertz CT molecular complexity index is 1420. The van der Waals surface area contributed by atoms with Crippen LogP contribution >= 0.6 is 24.0 Å². The minimum Gasteiger partial charge on any atom is -0.387 e. The molecule has 0 aliphatic rings. The Labute approximate surface area is 224 Å². The zero-order valence-corrected chi connectivity index (χ0v) is 21.7. The summed E-state index contributed by atoms with van der Waals surface area (Å²) in [6.45, 7) is 0.979. The Kier molecular flexibility index (Phi) is 9.73. The molecule has 0 aliphatic carbocycles. The summed E-state index contributed by atoms with van der Waals surface area (Å²) in [7, 11) is -3.75. The van der Waals surface area contributed by atoms with Gasteiger partial charge in [-0.2, -0.15) is 5.21 Å². The Morgan fingerprint density at radius 1 is 1.03 bits per heavy atom. The first kappa shape index (κ1) is 28.2. The Morgan fingerprint density at radius 3 is 2.32 bits per heavy atom. The second-order valence-electron chi connectivity index (χ2n) is 7.89. The van der Waals surface area contributed by atoms with Gasteiger partial charge in [0, 0.05) is 17.1 Å². The number of tetrazole rings is 1. The van der Waals surface area contributed by atoms with Crippen molar-refractivity contribution in [2.75, 3.05) is 18.4 Å². The van der Waals surface area contributed by atoms with Crippen molar-refractivity contribution in [3.63, 3.8) is 0 Å². The molecule has 1 atom stereocenters. The fraction of sp³-hybridized carbons (Fsp3) is 0.167. The minimum atomic E-state index is -3.75. The van der Waals surface area contributed by atoms with Gasteiger partial charge in [-0.15, -0.1) is 17.5 Å². The van der Waals surface area contributed by atoms with E-state index in [0.717, 1.165) is 11.1 Å². The molecule has 4 rings (SSSR count). The number of anilines is 1. The fourth-order valence-corrected chi connectivity index (χ4v) is 4.91. The van der Waals surface area contributed by atoms with Gasteiger partial charge in [-0.25, -0.2) is 8.42 Å². The number of nitrogens with one attached hydrogen (secondary N) is 3. The van der Waals surface area contributed by atoms with Gasteiger partial charge in [-0.1, -0.05) is 41.0 Å². The van der Waals surface area contributed by atoms with Crippen LogP contribution in [0.5, 0.6) is 0 Å². The second-order valence-corrected chi connectivity index (χ2v) is 10.3. The number of hydrogen-bond acceptors (Lipinski definition) is 8. The average Bonchev–Trinajstić information content (AvgIpc) is 3.40. The van der Waals surface area contributed by atoms with E-state index >= 15 is 0 Å². The number of carbonyl (C=O) groups is 1. The normalized spacial score (nSPS) is 11.9. The highest BCUT2D eigenvalue weighted by molar-refractivity contribution is 7.91. The molecular formula is C24H24Cl2N6O4S. The van der Waals surface area contributed by atoms with Crippen molar-refractivity contribution in [2.24, 2.45) is 0 Å². The van der Waals surface area contributed by atoms with E-state index in [1.165, 1.54) is 24.3 Å². The molecule has 0 saturated carbocycles. The maximum atomic E-state index is 13.0. The van der Waals surface area contributed by atoms with Gasteiger partial charge < -0.3 is 10.4 Å². The summed E-state index contributed by atoms with van der Waals surface area (Å²) in [5.41, 5.74) is 1.94. The molecule has 0 unspecified atom stereocenters. The number of aliphatic hydroxyl groups excluding tert-OH is 1. The number of hydrogen-bond donors (Lipinski definition) is 4. The van der Waals surface area contributed by atoms with Gasteiger partial charge >= 0.3 is 0 Å². The number of benzene rings is 3. The summed E-state index contributed by atoms with van der Waals surface area (Å²) in [6.07, 6.45) is -0.0140. The van der Waals surface area contributed by atoms with Gasteiger partial charge in [0.05, 0.1) is 15.9 Å². The van der Waals surface area contributed by atoms with E-state index in [1.54, 1.807) is 42.5 Å². The third-order valence-corrected chi connectivity index (χ3v) is 7.41. The highest BCUT2D eigenvalue weighted by Gasteiger charge is 2.18. The third kappa shape index (κ3) is 7.34. The first-order valence-corrected chi connectivity index (χ1v) is 12.8. The third-order valence-electron chi connectivity index (χ3n) is 5.39. The number of carbonyl (C=O) groups excluding carboxylic acids is 1. The number of H-pyrrole nitrogens is 1. The summed E-state index contributed by atoms with van der Waals surface area (Å²) >= 11 is 5.96. The molecule has 0 fully saturated rings. The van der Waals surface area contributed by atoms with E-state index in [-0.39, 0.29) is 33.7 Å². The van der Waals surface area contributed by atoms with Crippen LogP contribution in [0, 0.1) is 0 Å². The number of rotatable bonds is 10. The average molecular weight is 563 g/mol. The van der Waals surface area contributed by atoms with Crippen LogP contribution in [-0.2, 0) is 16.3 Å². The van der Waals surface area contributed by atoms with Gasteiger partial charge in [0.1, 0.15) is 0 Å². The molecule has 1 aromatic heterocycles. The van der Waals surface area contributed by atoms with Crippen LogP contribution in [0.2, 0.25) is 5.02 Å². The van der Waals surface area contributed by atoms with E-state index in [1.807, 2.05) is 6.07 Å². The molecule has 13 heteroatoms. The molecule has 4 aromatic rings. The lowest BCUT2D eigenvalue weighted by Crippen LogP contribution is -2.23. The van der Waals surface area contributed by atoms with Crippen LogP contribution in [0.1, 0.15) is 27.6 Å². The van der Waals surface area contributed by atoms with E-state index < -0.39 is 21.8 Å². The van der Waals surface area contributed by atoms with Crippen LogP contribution in [0.25, 0.3) is 0 Å². The van der Waals surface area contributed by atoms with E-state index in [9.17, 15) is 18.3 Å². The van der Waals surface area contributed by atoms with Crippen LogP contribution in [0.15, 0.2) is 82.6 Å². The molecule has 0 radical (unpaired) electrons. The molecule has 0 spiro atoms. The fourth-order valence-electron chi connectivity index (χ4n) is 3.45. The van der Waals surface area contributed by atoms with Crippen molar-refractivity contribution >= 4 is 45.7 Å². The first-order valence-electron chi connectivity index (χ1n) is 11.0. The standard InChI is InChI=1S/C24H23ClN6O4S.ClH/c25-19-3-1-2-18(14-19)22(32)15-26-13-12-16-4-8-20(9-5-16)36(34,35)21-10-6-17(7-11-21)23(33)27-24-28-30-31-29-24;/h1-11,14,22,26,32H,12-13,15H2,(H2,27,28,29,30,31,33);1H/t22-;/m1./s1. The molecule has 4 N–H and O–H groups in total. The number of halogens is 2. The number of aliphatic hydroxyl groups is 1. The monoisotopic (exact) mass is 562 g/mol. The molecule has 0 saturated heterocycles. The quantitative estimate of drug-likeness (QED) is 0.215. The van der Waals surface area contributed by atoms with Crippen LogP contribution < -0.4 is 10.6 Å². The number of nitrogens with zero attached hydrogens (tertiary/aromatic N) is 3. The molecule has 0 bridgehead atoms. The van der Waals surface area contributed by atoms with Crippen molar-refractivity contribution in [1.29, 1.82) is 0 Å². The summed E-state index contributed by atoms with van der Waals surface area (Å²) in [6, 6.07) is 19.3. The first-order chi connectivity index (χ1) is 17.3. The SMILES string of the molecule is Cl.O=C(Nc1nn[nH]n1)c1ccc(S(=O)(=O)c2ccc(CCNC[C@@H](O)c3cccc(Cl)c3)cc2)cc1. The highest BCUT2D eigenvalue weighted by atomic mass is 35.5. The van der Waals surface area contributed by atoms with Crippen LogP contribution in [0.3, 0.4) is 0 Å². The van der Waals surface area contributed by atoms with Crippen LogP contribution in [-0.4, -0.2) is 53.1 Å². The lowest BCUT2D eigenvalue weighted by Gasteiger charge is -2.13. The number of amides is 1. The zero-order valence-electron chi connectivity index (χ0n) is 19.3. The summed E-state index contributed by atoms with van der Waals surface area (Å²) in [5, 5.41) is 29.3. The lowest BCUT2D eigenvalue weighted by atomic mass is 10.1. The van der Waals surface area contributed by atoms with Crippen molar-refractivity contribution < 1.29 is 18.3 Å². The summed E-state index contributed by atoms with van der Waals surface area (Å²) in [4.78, 5) is 12.4. The largest absolute Gasteiger partial charge is 0.387 e. The van der Waals surface area contributed by atoms with Gasteiger partial charge in [-0.05, 0) is 77.8 Å². The minimum absolute atomic E-state index is 0. The number of aromatic nitrogens is 4. The predicted octanol–water partition coefficient (Wildman–Crippen LogP) is 3.23. The molecule has 10 nitrogen and oxygen atoms in total. The van der Waals surface area contributed by atoms with E-state index in [2.05, 4.69) is 31.3 Å². The maximum absolute atomic E-state index is 13.0. The summed E-state index contributed by atoms with van der Waals surface area (Å²) < 4.78 is 26.0. The second kappa shape index (κ2) is 12.7. The van der Waals surface area contributed by atoms with Gasteiger partial charge in [0.15, 0.2) is 0 Å². The highest BCUT2D eigenvalue weighted by Crippen LogP contribution is 2.22. The van der Waals surface area contributed by atoms with Gasteiger partial charge in [-0.3, -0.25) is 10.1 Å². The Balaban J connectivity index is 0.00000380. The predicted molar refractivity (Wildman–Crippen MR) is 141 cm³/mol. The molecular weight excluding hydrogens is 539 g/mol. The molecule has 1 amide bonds. The maximum Gasteiger partial charge on any atom is 0.270 e. The Hall–Kier alpha value is -3.35. The van der Waals surface area contributed by atoms with E-state index in [4.69, 9.17) is 11.6 Å². The molecule has 0 aliphatic heterocycles. The van der Waals surface area contributed by atoms with Crippen LogP contribution in [0.4, 0.5) is 5.95 Å².